The summed E-state index contributed by atoms with van der Waals surface area (Å²) in [4.78, 5) is 1.31. The van der Waals surface area contributed by atoms with Crippen LogP contribution in [0.2, 0.25) is 0 Å². The quantitative estimate of drug-likeness (QED) is 0.874. The molecule has 1 saturated carbocycles. The van der Waals surface area contributed by atoms with Crippen LogP contribution in [0.4, 0.5) is 0 Å². The summed E-state index contributed by atoms with van der Waals surface area (Å²) in [7, 11) is 0. The van der Waals surface area contributed by atoms with Gasteiger partial charge in [-0.05, 0) is 42.8 Å². The highest BCUT2D eigenvalue weighted by atomic mass is 32.1. The number of nitrogens with zero attached hydrogens (tertiary/aromatic N) is 2. The summed E-state index contributed by atoms with van der Waals surface area (Å²) < 4.78 is 4.00. The van der Waals surface area contributed by atoms with E-state index in [9.17, 15) is 0 Å². The minimum Gasteiger partial charge on any atom is -0.309 e. The van der Waals surface area contributed by atoms with Gasteiger partial charge < -0.3 is 5.32 Å². The molecule has 0 spiro atoms. The van der Waals surface area contributed by atoms with Crippen molar-refractivity contribution in [1.29, 1.82) is 0 Å². The zero-order chi connectivity index (χ0) is 12.1. The fourth-order valence-electron chi connectivity index (χ4n) is 2.96. The monoisotopic (exact) mass is 253 g/mol. The third-order valence-electron chi connectivity index (χ3n) is 4.05. The van der Waals surface area contributed by atoms with Crippen LogP contribution in [0, 0.1) is 11.8 Å². The second kappa shape index (κ2) is 6.45. The summed E-state index contributed by atoms with van der Waals surface area (Å²) in [6.45, 7) is 5.52. The molecule has 0 aromatic carbocycles. The molecule has 1 aliphatic rings. The summed E-state index contributed by atoms with van der Waals surface area (Å²) in [5, 5.41) is 7.60. The van der Waals surface area contributed by atoms with Gasteiger partial charge in [0.2, 0.25) is 0 Å². The van der Waals surface area contributed by atoms with E-state index in [4.69, 9.17) is 0 Å². The van der Waals surface area contributed by atoms with Gasteiger partial charge in [0.05, 0.1) is 11.1 Å². The van der Waals surface area contributed by atoms with Crippen molar-refractivity contribution < 1.29 is 0 Å². The summed E-state index contributed by atoms with van der Waals surface area (Å²) in [6, 6.07) is 0.484. The van der Waals surface area contributed by atoms with E-state index >= 15 is 0 Å². The van der Waals surface area contributed by atoms with Crippen LogP contribution in [0.15, 0.2) is 6.20 Å². The molecule has 1 atom stereocenters. The fraction of sp³-hybridized carbons (Fsp3) is 0.846. The van der Waals surface area contributed by atoms with Crippen LogP contribution < -0.4 is 5.32 Å². The molecule has 0 saturated heterocycles. The summed E-state index contributed by atoms with van der Waals surface area (Å²) in [6.07, 6.45) is 8.79. The Morgan fingerprint density at radius 2 is 2.12 bits per heavy atom. The molecular formula is C13H23N3S. The normalized spacial score (nSPS) is 26.9. The van der Waals surface area contributed by atoms with Gasteiger partial charge in [0, 0.05) is 6.04 Å². The van der Waals surface area contributed by atoms with Gasteiger partial charge in [0.1, 0.15) is 0 Å². The maximum absolute atomic E-state index is 4.00. The Labute approximate surface area is 108 Å². The van der Waals surface area contributed by atoms with E-state index in [-0.39, 0.29) is 0 Å². The molecule has 1 aromatic heterocycles. The minimum absolute atomic E-state index is 0.484. The van der Waals surface area contributed by atoms with E-state index in [0.717, 1.165) is 18.4 Å². The maximum atomic E-state index is 4.00. The Hall–Kier alpha value is -0.480. The number of hydrogen-bond donors (Lipinski definition) is 1. The minimum atomic E-state index is 0.484. The molecule has 3 nitrogen and oxygen atoms in total. The Bertz CT molecular complexity index is 304. The molecule has 1 aromatic rings. The molecule has 0 bridgehead atoms. The van der Waals surface area contributed by atoms with Gasteiger partial charge in [-0.2, -0.15) is 0 Å². The van der Waals surface area contributed by atoms with Gasteiger partial charge in [-0.3, -0.25) is 0 Å². The summed E-state index contributed by atoms with van der Waals surface area (Å²) >= 11 is 1.55. The van der Waals surface area contributed by atoms with Gasteiger partial charge in [-0.25, -0.2) is 0 Å². The number of rotatable bonds is 5. The SMILES string of the molecule is CCNC(c1cnns1)C1CCC(CC)CC1. The maximum Gasteiger partial charge on any atom is 0.0669 e. The van der Waals surface area contributed by atoms with Gasteiger partial charge in [-0.15, -0.1) is 5.10 Å². The molecule has 1 unspecified atom stereocenters. The molecule has 0 radical (unpaired) electrons. The molecule has 2 rings (SSSR count). The standard InChI is InChI=1S/C13H23N3S/c1-3-10-5-7-11(8-6-10)13(14-4-2)12-9-15-16-17-12/h9-11,13-14H,3-8H2,1-2H3. The van der Waals surface area contributed by atoms with E-state index in [1.807, 2.05) is 6.20 Å². The lowest BCUT2D eigenvalue weighted by atomic mass is 9.77. The lowest BCUT2D eigenvalue weighted by Gasteiger charge is -2.33. The van der Waals surface area contributed by atoms with E-state index in [1.165, 1.54) is 37.0 Å². The van der Waals surface area contributed by atoms with E-state index in [2.05, 4.69) is 28.8 Å². The van der Waals surface area contributed by atoms with Crippen molar-refractivity contribution in [2.24, 2.45) is 11.8 Å². The first kappa shape index (κ1) is 13.0. The molecule has 96 valence electrons. The van der Waals surface area contributed by atoms with Crippen LogP contribution in [-0.2, 0) is 0 Å². The first-order valence-electron chi connectivity index (χ1n) is 6.85. The molecule has 1 aliphatic carbocycles. The third-order valence-corrected chi connectivity index (χ3v) is 4.80. The largest absolute Gasteiger partial charge is 0.309 e. The first-order chi connectivity index (χ1) is 8.35. The lowest BCUT2D eigenvalue weighted by Crippen LogP contribution is -2.30. The molecule has 0 aliphatic heterocycles. The van der Waals surface area contributed by atoms with Crippen LogP contribution in [0.3, 0.4) is 0 Å². The number of hydrogen-bond acceptors (Lipinski definition) is 4. The van der Waals surface area contributed by atoms with E-state index < -0.39 is 0 Å². The average Bonchev–Trinajstić information content (AvgIpc) is 2.90. The second-order valence-corrected chi connectivity index (χ2v) is 5.86. The topological polar surface area (TPSA) is 37.8 Å². The zero-order valence-corrected chi connectivity index (χ0v) is 11.7. The van der Waals surface area contributed by atoms with Gasteiger partial charge in [0.25, 0.3) is 0 Å². The third kappa shape index (κ3) is 3.26. The molecule has 0 amide bonds. The Morgan fingerprint density at radius 3 is 2.65 bits per heavy atom. The number of aromatic nitrogens is 2. The highest BCUT2D eigenvalue weighted by Crippen LogP contribution is 2.38. The molecule has 4 heteroatoms. The van der Waals surface area contributed by atoms with Crippen LogP contribution >= 0.6 is 11.5 Å². The fourth-order valence-corrected chi connectivity index (χ4v) is 3.63. The molecular weight excluding hydrogens is 230 g/mol. The van der Waals surface area contributed by atoms with Crippen molar-refractivity contribution in [3.63, 3.8) is 0 Å². The van der Waals surface area contributed by atoms with Gasteiger partial charge in [-0.1, -0.05) is 37.6 Å². The van der Waals surface area contributed by atoms with Crippen molar-refractivity contribution in [1.82, 2.24) is 14.9 Å². The predicted octanol–water partition coefficient (Wildman–Crippen LogP) is 3.41. The molecule has 1 fully saturated rings. The zero-order valence-electron chi connectivity index (χ0n) is 10.9. The van der Waals surface area contributed by atoms with Crippen molar-refractivity contribution in [2.45, 2.75) is 52.0 Å². The highest BCUT2D eigenvalue weighted by molar-refractivity contribution is 7.05. The summed E-state index contributed by atoms with van der Waals surface area (Å²) in [5.74, 6) is 1.74. The summed E-state index contributed by atoms with van der Waals surface area (Å²) in [5.41, 5.74) is 0. The average molecular weight is 253 g/mol. The Morgan fingerprint density at radius 1 is 1.35 bits per heavy atom. The second-order valence-electron chi connectivity index (χ2n) is 5.04. The van der Waals surface area contributed by atoms with Crippen molar-refractivity contribution in [3.05, 3.63) is 11.1 Å². The first-order valence-corrected chi connectivity index (χ1v) is 7.63. The van der Waals surface area contributed by atoms with Crippen molar-refractivity contribution >= 4 is 11.5 Å². The van der Waals surface area contributed by atoms with Crippen LogP contribution in [0.5, 0.6) is 0 Å². The smallest absolute Gasteiger partial charge is 0.0669 e. The van der Waals surface area contributed by atoms with Crippen molar-refractivity contribution in [2.75, 3.05) is 6.54 Å². The van der Waals surface area contributed by atoms with Crippen LogP contribution in [0.25, 0.3) is 0 Å². The van der Waals surface area contributed by atoms with Gasteiger partial charge in [0.15, 0.2) is 0 Å². The van der Waals surface area contributed by atoms with E-state index in [0.29, 0.717) is 6.04 Å². The van der Waals surface area contributed by atoms with Crippen molar-refractivity contribution in [3.8, 4) is 0 Å². The Balaban J connectivity index is 1.98. The van der Waals surface area contributed by atoms with E-state index in [1.54, 1.807) is 11.5 Å². The Kier molecular flexibility index (Phi) is 4.92. The molecule has 1 N–H and O–H groups in total. The predicted molar refractivity (Wildman–Crippen MR) is 72.1 cm³/mol. The van der Waals surface area contributed by atoms with Gasteiger partial charge >= 0.3 is 0 Å². The molecule has 1 heterocycles. The van der Waals surface area contributed by atoms with Crippen LogP contribution in [-0.4, -0.2) is 16.1 Å². The lowest BCUT2D eigenvalue weighted by molar-refractivity contribution is 0.222. The molecule has 17 heavy (non-hydrogen) atoms. The number of nitrogens with one attached hydrogen (secondary N) is 1. The van der Waals surface area contributed by atoms with Crippen LogP contribution in [0.1, 0.15) is 56.9 Å². The highest BCUT2D eigenvalue weighted by Gasteiger charge is 2.28.